The second kappa shape index (κ2) is 5.07. The van der Waals surface area contributed by atoms with Crippen molar-refractivity contribution in [1.82, 2.24) is 0 Å². The van der Waals surface area contributed by atoms with Crippen LogP contribution < -0.4 is 5.73 Å². The summed E-state index contributed by atoms with van der Waals surface area (Å²) >= 11 is 3.37. The smallest absolute Gasteiger partial charge is 0.0417 e. The van der Waals surface area contributed by atoms with E-state index in [4.69, 9.17) is 5.73 Å². The predicted molar refractivity (Wildman–Crippen MR) is 63.0 cm³/mol. The van der Waals surface area contributed by atoms with Crippen molar-refractivity contribution in [3.63, 3.8) is 0 Å². The molecule has 0 amide bonds. The van der Waals surface area contributed by atoms with Gasteiger partial charge in [-0.1, -0.05) is 46.3 Å². The first-order valence-corrected chi connectivity index (χ1v) is 5.45. The maximum Gasteiger partial charge on any atom is 0.0417 e. The van der Waals surface area contributed by atoms with Gasteiger partial charge in [0.05, 0.1) is 0 Å². The number of para-hydroxylation sites is 1. The number of anilines is 1. The quantitative estimate of drug-likeness (QED) is 0.636. The van der Waals surface area contributed by atoms with Gasteiger partial charge in [0, 0.05) is 11.0 Å². The molecule has 1 rings (SSSR count). The topological polar surface area (TPSA) is 26.0 Å². The zero-order valence-corrected chi connectivity index (χ0v) is 9.34. The van der Waals surface area contributed by atoms with Crippen LogP contribution in [0.1, 0.15) is 17.5 Å². The normalized spacial score (nSPS) is 10.9. The van der Waals surface area contributed by atoms with E-state index in [1.807, 2.05) is 25.1 Å². The number of halogens is 1. The maximum atomic E-state index is 5.90. The lowest BCUT2D eigenvalue weighted by atomic mass is 10.1. The average Bonchev–Trinajstić information content (AvgIpc) is 2.13. The van der Waals surface area contributed by atoms with Crippen LogP contribution in [-0.2, 0) is 0 Å². The van der Waals surface area contributed by atoms with Crippen molar-refractivity contribution in [2.45, 2.75) is 13.3 Å². The number of alkyl halides is 1. The number of allylic oxidation sites excluding steroid dienone is 1. The molecule has 0 radical (unpaired) electrons. The van der Waals surface area contributed by atoms with Crippen molar-refractivity contribution in [3.8, 4) is 0 Å². The average molecular weight is 240 g/mol. The molecule has 0 saturated carbocycles. The fourth-order valence-corrected chi connectivity index (χ4v) is 1.39. The third-order valence-electron chi connectivity index (χ3n) is 1.93. The Bertz CT molecular complexity index is 305. The monoisotopic (exact) mass is 239 g/mol. The van der Waals surface area contributed by atoms with E-state index in [0.29, 0.717) is 0 Å². The van der Waals surface area contributed by atoms with Crippen LogP contribution in [0.4, 0.5) is 5.69 Å². The molecule has 1 aromatic carbocycles. The number of hydrogen-bond donors (Lipinski definition) is 1. The van der Waals surface area contributed by atoms with Gasteiger partial charge in [-0.05, 0) is 24.5 Å². The minimum Gasteiger partial charge on any atom is -0.398 e. The molecule has 0 aliphatic rings. The Morgan fingerprint density at radius 3 is 2.92 bits per heavy atom. The van der Waals surface area contributed by atoms with E-state index in [1.165, 1.54) is 0 Å². The summed E-state index contributed by atoms with van der Waals surface area (Å²) in [5, 5.41) is 0.995. The zero-order chi connectivity index (χ0) is 9.68. The van der Waals surface area contributed by atoms with E-state index < -0.39 is 0 Å². The van der Waals surface area contributed by atoms with Crippen molar-refractivity contribution in [2.24, 2.45) is 0 Å². The van der Waals surface area contributed by atoms with E-state index in [-0.39, 0.29) is 0 Å². The molecule has 0 atom stereocenters. The van der Waals surface area contributed by atoms with Gasteiger partial charge < -0.3 is 5.73 Å². The van der Waals surface area contributed by atoms with Gasteiger partial charge in [-0.2, -0.15) is 0 Å². The van der Waals surface area contributed by atoms with Gasteiger partial charge in [-0.15, -0.1) is 0 Å². The molecule has 0 spiro atoms. The maximum absolute atomic E-state index is 5.90. The van der Waals surface area contributed by atoms with Gasteiger partial charge in [-0.25, -0.2) is 0 Å². The summed E-state index contributed by atoms with van der Waals surface area (Å²) in [6, 6.07) is 6.09. The SMILES string of the molecule is Cc1cccc(C=CCCBr)c1N. The van der Waals surface area contributed by atoms with Gasteiger partial charge in [0.1, 0.15) is 0 Å². The number of nitrogens with two attached hydrogens (primary N) is 1. The standard InChI is InChI=1S/C11H14BrN/c1-9-5-4-7-10(11(9)13)6-2-3-8-12/h2,4-7H,3,8,13H2,1H3. The lowest BCUT2D eigenvalue weighted by Gasteiger charge is -2.02. The van der Waals surface area contributed by atoms with Crippen LogP contribution in [0.25, 0.3) is 6.08 Å². The number of nitrogen functional groups attached to an aromatic ring is 1. The van der Waals surface area contributed by atoms with Gasteiger partial charge in [0.25, 0.3) is 0 Å². The molecule has 2 N–H and O–H groups in total. The second-order valence-corrected chi connectivity index (χ2v) is 3.75. The van der Waals surface area contributed by atoms with Crippen molar-refractivity contribution in [3.05, 3.63) is 35.4 Å². The highest BCUT2D eigenvalue weighted by molar-refractivity contribution is 9.09. The number of hydrogen-bond acceptors (Lipinski definition) is 1. The van der Waals surface area contributed by atoms with Crippen LogP contribution in [0.5, 0.6) is 0 Å². The Balaban J connectivity index is 2.83. The molecule has 0 saturated heterocycles. The summed E-state index contributed by atoms with van der Waals surface area (Å²) in [4.78, 5) is 0. The van der Waals surface area contributed by atoms with Gasteiger partial charge >= 0.3 is 0 Å². The summed E-state index contributed by atoms with van der Waals surface area (Å²) in [5.74, 6) is 0. The number of benzene rings is 1. The van der Waals surface area contributed by atoms with Crippen LogP contribution in [-0.4, -0.2) is 5.33 Å². The molecular weight excluding hydrogens is 226 g/mol. The fourth-order valence-electron chi connectivity index (χ4n) is 1.12. The van der Waals surface area contributed by atoms with E-state index in [1.54, 1.807) is 0 Å². The fraction of sp³-hybridized carbons (Fsp3) is 0.273. The highest BCUT2D eigenvalue weighted by Crippen LogP contribution is 2.17. The van der Waals surface area contributed by atoms with Gasteiger partial charge in [-0.3, -0.25) is 0 Å². The molecule has 0 bridgehead atoms. The molecule has 70 valence electrons. The van der Waals surface area contributed by atoms with Crippen LogP contribution in [0.15, 0.2) is 24.3 Å². The lowest BCUT2D eigenvalue weighted by molar-refractivity contribution is 1.27. The molecule has 13 heavy (non-hydrogen) atoms. The zero-order valence-electron chi connectivity index (χ0n) is 7.76. The molecule has 0 unspecified atom stereocenters. The Labute approximate surface area is 87.8 Å². The summed E-state index contributed by atoms with van der Waals surface area (Å²) in [7, 11) is 0. The van der Waals surface area contributed by atoms with Crippen LogP contribution in [0.2, 0.25) is 0 Å². The summed E-state index contributed by atoms with van der Waals surface area (Å²) in [6.07, 6.45) is 5.23. The molecular formula is C11H14BrN. The molecule has 0 heterocycles. The first kappa shape index (κ1) is 10.3. The number of rotatable bonds is 3. The van der Waals surface area contributed by atoms with Crippen molar-refractivity contribution in [1.29, 1.82) is 0 Å². The number of aryl methyl sites for hydroxylation is 1. The van der Waals surface area contributed by atoms with Crippen molar-refractivity contribution < 1.29 is 0 Å². The Hall–Kier alpha value is -0.760. The van der Waals surface area contributed by atoms with E-state index in [2.05, 4.69) is 28.1 Å². The van der Waals surface area contributed by atoms with E-state index in [9.17, 15) is 0 Å². The molecule has 0 aromatic heterocycles. The van der Waals surface area contributed by atoms with Gasteiger partial charge in [0.2, 0.25) is 0 Å². The van der Waals surface area contributed by atoms with Crippen LogP contribution >= 0.6 is 15.9 Å². The highest BCUT2D eigenvalue weighted by atomic mass is 79.9. The molecule has 0 aliphatic carbocycles. The Morgan fingerprint density at radius 2 is 2.23 bits per heavy atom. The lowest BCUT2D eigenvalue weighted by Crippen LogP contribution is -1.92. The van der Waals surface area contributed by atoms with E-state index in [0.717, 1.165) is 28.6 Å². The third kappa shape index (κ3) is 2.88. The van der Waals surface area contributed by atoms with Crippen molar-refractivity contribution in [2.75, 3.05) is 11.1 Å². The molecule has 1 nitrogen and oxygen atoms in total. The van der Waals surface area contributed by atoms with Crippen LogP contribution in [0, 0.1) is 6.92 Å². The third-order valence-corrected chi connectivity index (χ3v) is 2.39. The first-order valence-electron chi connectivity index (χ1n) is 4.33. The molecule has 1 aromatic rings. The Morgan fingerprint density at radius 1 is 1.46 bits per heavy atom. The second-order valence-electron chi connectivity index (χ2n) is 2.96. The highest BCUT2D eigenvalue weighted by Gasteiger charge is 1.96. The summed E-state index contributed by atoms with van der Waals surface area (Å²) < 4.78 is 0. The van der Waals surface area contributed by atoms with Gasteiger partial charge in [0.15, 0.2) is 0 Å². The molecule has 2 heteroatoms. The first-order chi connectivity index (χ1) is 6.25. The largest absolute Gasteiger partial charge is 0.398 e. The van der Waals surface area contributed by atoms with Crippen LogP contribution in [0.3, 0.4) is 0 Å². The molecule has 0 fully saturated rings. The predicted octanol–water partition coefficient (Wildman–Crippen LogP) is 3.38. The molecule has 0 aliphatic heterocycles. The van der Waals surface area contributed by atoms with E-state index >= 15 is 0 Å². The minimum absolute atomic E-state index is 0.883. The Kier molecular flexibility index (Phi) is 4.03. The van der Waals surface area contributed by atoms with Crippen molar-refractivity contribution >= 4 is 27.7 Å². The summed E-state index contributed by atoms with van der Waals surface area (Å²) in [6.45, 7) is 2.02. The minimum atomic E-state index is 0.883. The summed E-state index contributed by atoms with van der Waals surface area (Å²) in [5.41, 5.74) is 9.04.